The highest BCUT2D eigenvalue weighted by molar-refractivity contribution is 5.96. The molecule has 0 radical (unpaired) electrons. The van der Waals surface area contributed by atoms with Crippen molar-refractivity contribution in [3.05, 3.63) is 58.9 Å². The van der Waals surface area contributed by atoms with Crippen molar-refractivity contribution >= 4 is 5.91 Å². The first kappa shape index (κ1) is 19.2. The van der Waals surface area contributed by atoms with Gasteiger partial charge in [0, 0.05) is 6.20 Å². The zero-order chi connectivity index (χ0) is 19.6. The molecule has 0 saturated heterocycles. The van der Waals surface area contributed by atoms with E-state index in [4.69, 9.17) is 10.5 Å². The van der Waals surface area contributed by atoms with Crippen LogP contribution < -0.4 is 10.5 Å². The minimum atomic E-state index is -4.45. The van der Waals surface area contributed by atoms with Crippen LogP contribution in [-0.2, 0) is 12.6 Å². The summed E-state index contributed by atoms with van der Waals surface area (Å²) in [5, 5.41) is 0. The molecule has 7 heteroatoms. The SMILES string of the molecule is COc1c(CC(CC2CC2)c2ccc(C(F)(F)F)nc2)cccc1C(N)=O. The Balaban J connectivity index is 1.90. The second kappa shape index (κ2) is 7.58. The number of rotatable bonds is 7. The highest BCUT2D eigenvalue weighted by Gasteiger charge is 2.33. The lowest BCUT2D eigenvalue weighted by Gasteiger charge is -2.20. The molecule has 1 amide bonds. The fraction of sp³-hybridized carbons (Fsp3) is 0.400. The molecule has 1 saturated carbocycles. The molecule has 1 atom stereocenters. The number of carbonyl (C=O) groups is 1. The average Bonchev–Trinajstić information content (AvgIpc) is 3.44. The molecule has 0 aliphatic heterocycles. The molecule has 1 aromatic carbocycles. The van der Waals surface area contributed by atoms with E-state index in [9.17, 15) is 18.0 Å². The van der Waals surface area contributed by atoms with Crippen LogP contribution in [0.15, 0.2) is 36.5 Å². The van der Waals surface area contributed by atoms with Crippen molar-refractivity contribution in [3.8, 4) is 5.75 Å². The predicted octanol–water partition coefficient (Wildman–Crippen LogP) is 4.33. The molecule has 1 aliphatic rings. The third-order valence-corrected chi connectivity index (χ3v) is 4.90. The van der Waals surface area contributed by atoms with Gasteiger partial charge in [-0.05, 0) is 47.9 Å². The Morgan fingerprint density at radius 2 is 2.04 bits per heavy atom. The predicted molar refractivity (Wildman–Crippen MR) is 94.5 cm³/mol. The van der Waals surface area contributed by atoms with E-state index in [1.54, 1.807) is 12.1 Å². The maximum absolute atomic E-state index is 12.8. The highest BCUT2D eigenvalue weighted by atomic mass is 19.4. The summed E-state index contributed by atoms with van der Waals surface area (Å²) >= 11 is 0. The van der Waals surface area contributed by atoms with Crippen molar-refractivity contribution in [3.63, 3.8) is 0 Å². The molecular formula is C20H21F3N2O2. The van der Waals surface area contributed by atoms with Crippen molar-refractivity contribution in [1.29, 1.82) is 0 Å². The van der Waals surface area contributed by atoms with Gasteiger partial charge in [0.25, 0.3) is 5.91 Å². The van der Waals surface area contributed by atoms with E-state index < -0.39 is 17.8 Å². The third-order valence-electron chi connectivity index (χ3n) is 4.90. The fourth-order valence-corrected chi connectivity index (χ4v) is 3.35. The lowest BCUT2D eigenvalue weighted by atomic mass is 9.87. The number of methoxy groups -OCH3 is 1. The van der Waals surface area contributed by atoms with Crippen molar-refractivity contribution in [2.75, 3.05) is 7.11 Å². The lowest BCUT2D eigenvalue weighted by molar-refractivity contribution is -0.141. The van der Waals surface area contributed by atoms with Gasteiger partial charge in [-0.2, -0.15) is 13.2 Å². The summed E-state index contributed by atoms with van der Waals surface area (Å²) in [6, 6.07) is 7.69. The zero-order valence-electron chi connectivity index (χ0n) is 14.9. The number of primary amides is 1. The van der Waals surface area contributed by atoms with Crippen LogP contribution in [0, 0.1) is 5.92 Å². The van der Waals surface area contributed by atoms with Crippen LogP contribution >= 0.6 is 0 Å². The number of benzene rings is 1. The average molecular weight is 378 g/mol. The summed E-state index contributed by atoms with van der Waals surface area (Å²) in [5.74, 6) is 0.404. The van der Waals surface area contributed by atoms with Gasteiger partial charge in [0.2, 0.25) is 0 Å². The van der Waals surface area contributed by atoms with Crippen LogP contribution in [-0.4, -0.2) is 18.0 Å². The van der Waals surface area contributed by atoms with Gasteiger partial charge in [-0.25, -0.2) is 0 Å². The standard InChI is InChI=1S/C20H21F3N2O2/c1-27-18-13(3-2-4-16(18)19(24)26)10-15(9-12-5-6-12)14-7-8-17(25-11-14)20(21,22)23/h2-4,7-8,11-12,15H,5-6,9-10H2,1H3,(H2,24,26). The summed E-state index contributed by atoms with van der Waals surface area (Å²) in [5.41, 5.74) is 6.37. The second-order valence-corrected chi connectivity index (χ2v) is 6.92. The van der Waals surface area contributed by atoms with Crippen molar-refractivity contribution in [1.82, 2.24) is 4.98 Å². The highest BCUT2D eigenvalue weighted by Crippen LogP contribution is 2.41. The molecule has 0 bridgehead atoms. The van der Waals surface area contributed by atoms with Gasteiger partial charge in [0.15, 0.2) is 0 Å². The van der Waals surface area contributed by atoms with Gasteiger partial charge < -0.3 is 10.5 Å². The summed E-state index contributed by atoms with van der Waals surface area (Å²) in [4.78, 5) is 15.2. The molecule has 4 nitrogen and oxygen atoms in total. The summed E-state index contributed by atoms with van der Waals surface area (Å²) in [6.45, 7) is 0. The molecule has 1 aliphatic carbocycles. The number of carbonyl (C=O) groups excluding carboxylic acids is 1. The minimum absolute atomic E-state index is 0.00990. The Morgan fingerprint density at radius 1 is 1.30 bits per heavy atom. The van der Waals surface area contributed by atoms with Crippen molar-refractivity contribution in [2.45, 2.75) is 37.8 Å². The maximum atomic E-state index is 12.8. The Hall–Kier alpha value is -2.57. The monoisotopic (exact) mass is 378 g/mol. The fourth-order valence-electron chi connectivity index (χ4n) is 3.35. The molecule has 1 fully saturated rings. The topological polar surface area (TPSA) is 65.2 Å². The molecule has 27 heavy (non-hydrogen) atoms. The van der Waals surface area contributed by atoms with Crippen LogP contribution in [0.1, 0.15) is 52.4 Å². The molecule has 1 aromatic heterocycles. The smallest absolute Gasteiger partial charge is 0.433 e. The van der Waals surface area contributed by atoms with E-state index in [-0.39, 0.29) is 5.92 Å². The second-order valence-electron chi connectivity index (χ2n) is 6.92. The molecule has 2 aromatic rings. The summed E-state index contributed by atoms with van der Waals surface area (Å²) < 4.78 is 43.7. The van der Waals surface area contributed by atoms with Gasteiger partial charge in [-0.3, -0.25) is 9.78 Å². The number of amides is 1. The number of alkyl halides is 3. The number of hydrogen-bond donors (Lipinski definition) is 1. The van der Waals surface area contributed by atoms with Crippen LogP contribution in [0.4, 0.5) is 13.2 Å². The molecule has 1 unspecified atom stereocenters. The largest absolute Gasteiger partial charge is 0.496 e. The quantitative estimate of drug-likeness (QED) is 0.780. The molecule has 3 rings (SSSR count). The minimum Gasteiger partial charge on any atom is -0.496 e. The number of hydrogen-bond acceptors (Lipinski definition) is 3. The molecule has 1 heterocycles. The Morgan fingerprint density at radius 3 is 2.56 bits per heavy atom. The van der Waals surface area contributed by atoms with E-state index in [0.717, 1.165) is 36.5 Å². The third kappa shape index (κ3) is 4.59. The molecule has 144 valence electrons. The Bertz CT molecular complexity index is 815. The zero-order valence-corrected chi connectivity index (χ0v) is 14.9. The van der Waals surface area contributed by atoms with Gasteiger partial charge in [0.1, 0.15) is 11.4 Å². The van der Waals surface area contributed by atoms with E-state index in [1.807, 2.05) is 6.07 Å². The van der Waals surface area contributed by atoms with E-state index in [0.29, 0.717) is 23.7 Å². The number of ether oxygens (including phenoxy) is 1. The van der Waals surface area contributed by atoms with Crippen LogP contribution in [0.2, 0.25) is 0 Å². The summed E-state index contributed by atoms with van der Waals surface area (Å²) in [6.07, 6.45) is 0.501. The van der Waals surface area contributed by atoms with Crippen molar-refractivity contribution in [2.24, 2.45) is 11.7 Å². The number of aromatic nitrogens is 1. The van der Waals surface area contributed by atoms with Gasteiger partial charge in [-0.1, -0.05) is 31.0 Å². The van der Waals surface area contributed by atoms with Crippen molar-refractivity contribution < 1.29 is 22.7 Å². The van der Waals surface area contributed by atoms with Gasteiger partial charge in [-0.15, -0.1) is 0 Å². The lowest BCUT2D eigenvalue weighted by Crippen LogP contribution is -2.14. The molecule has 0 spiro atoms. The normalized spacial score (nSPS) is 15.4. The number of para-hydroxylation sites is 1. The summed E-state index contributed by atoms with van der Waals surface area (Å²) in [7, 11) is 1.47. The number of nitrogens with zero attached hydrogens (tertiary/aromatic N) is 1. The van der Waals surface area contributed by atoms with Gasteiger partial charge in [0.05, 0.1) is 12.7 Å². The van der Waals surface area contributed by atoms with Crippen LogP contribution in [0.3, 0.4) is 0 Å². The van der Waals surface area contributed by atoms with Crippen LogP contribution in [0.5, 0.6) is 5.75 Å². The molecule has 2 N–H and O–H groups in total. The Kier molecular flexibility index (Phi) is 5.39. The maximum Gasteiger partial charge on any atom is 0.433 e. The van der Waals surface area contributed by atoms with E-state index >= 15 is 0 Å². The first-order valence-corrected chi connectivity index (χ1v) is 8.78. The molecular weight excluding hydrogens is 357 g/mol. The van der Waals surface area contributed by atoms with E-state index in [1.165, 1.54) is 19.4 Å². The number of pyridine rings is 1. The number of halogens is 3. The first-order chi connectivity index (χ1) is 12.8. The van der Waals surface area contributed by atoms with Gasteiger partial charge >= 0.3 is 6.18 Å². The first-order valence-electron chi connectivity index (χ1n) is 8.78. The number of nitrogens with two attached hydrogens (primary N) is 1. The van der Waals surface area contributed by atoms with E-state index in [2.05, 4.69) is 4.98 Å². The van der Waals surface area contributed by atoms with Crippen LogP contribution in [0.25, 0.3) is 0 Å². The Labute approximate surface area is 155 Å².